The molecule has 0 bridgehead atoms. The van der Waals surface area contributed by atoms with E-state index in [0.29, 0.717) is 15.9 Å². The van der Waals surface area contributed by atoms with Crippen molar-refractivity contribution in [3.63, 3.8) is 0 Å². The van der Waals surface area contributed by atoms with E-state index in [-0.39, 0.29) is 0 Å². The van der Waals surface area contributed by atoms with Crippen molar-refractivity contribution in [2.45, 2.75) is 10.9 Å². The Morgan fingerprint density at radius 2 is 1.88 bits per heavy atom. The maximum absolute atomic E-state index is 6.05. The minimum Gasteiger partial charge on any atom is -0.497 e. The normalized spacial score (nSPS) is 10.6. The molecule has 0 fully saturated rings. The molecule has 2 aromatic carbocycles. The quantitative estimate of drug-likeness (QED) is 0.658. The number of aromatic amines is 1. The minimum atomic E-state index is 0.669. The zero-order valence-corrected chi connectivity index (χ0v) is 14.8. The zero-order valence-electron chi connectivity index (χ0n) is 13.2. The summed E-state index contributed by atoms with van der Waals surface area (Å²) >= 11 is 7.57. The van der Waals surface area contributed by atoms with Gasteiger partial charge in [0.15, 0.2) is 5.82 Å². The van der Waals surface area contributed by atoms with E-state index >= 15 is 0 Å². The molecule has 24 heavy (non-hydrogen) atoms. The van der Waals surface area contributed by atoms with Crippen molar-refractivity contribution in [1.82, 2.24) is 15.2 Å². The Kier molecular flexibility index (Phi) is 5.27. The summed E-state index contributed by atoms with van der Waals surface area (Å²) in [5.74, 6) is 3.00. The number of aromatic nitrogens is 3. The van der Waals surface area contributed by atoms with Gasteiger partial charge in [-0.15, -0.1) is 5.10 Å². The lowest BCUT2D eigenvalue weighted by Gasteiger charge is -2.07. The van der Waals surface area contributed by atoms with Crippen molar-refractivity contribution >= 4 is 23.4 Å². The van der Waals surface area contributed by atoms with Crippen LogP contribution >= 0.6 is 23.4 Å². The second kappa shape index (κ2) is 7.59. The predicted octanol–water partition coefficient (Wildman–Crippen LogP) is 4.43. The minimum absolute atomic E-state index is 0.669. The first-order valence-corrected chi connectivity index (χ1v) is 8.58. The summed E-state index contributed by atoms with van der Waals surface area (Å²) in [6.07, 6.45) is 0. The predicted molar refractivity (Wildman–Crippen MR) is 95.9 cm³/mol. The Labute approximate surface area is 149 Å². The lowest BCUT2D eigenvalue weighted by Crippen LogP contribution is -1.90. The molecule has 0 radical (unpaired) electrons. The summed E-state index contributed by atoms with van der Waals surface area (Å²) in [6, 6.07) is 13.2. The number of hydrogen-bond acceptors (Lipinski definition) is 5. The average molecular weight is 362 g/mol. The van der Waals surface area contributed by atoms with E-state index in [4.69, 9.17) is 21.1 Å². The van der Waals surface area contributed by atoms with Crippen molar-refractivity contribution in [3.05, 3.63) is 53.1 Å². The van der Waals surface area contributed by atoms with Gasteiger partial charge in [0.05, 0.1) is 14.2 Å². The molecule has 0 aliphatic heterocycles. The van der Waals surface area contributed by atoms with Crippen LogP contribution in [0.5, 0.6) is 11.5 Å². The molecule has 1 heterocycles. The second-order valence-corrected chi connectivity index (χ2v) is 6.32. The SMILES string of the molecule is COc1ccc(-c2nc(SCc3cc(Cl)ccc3OC)n[nH]2)cc1. The van der Waals surface area contributed by atoms with Crippen LogP contribution in [0.1, 0.15) is 5.56 Å². The zero-order chi connectivity index (χ0) is 16.9. The molecule has 1 aromatic heterocycles. The molecule has 5 nitrogen and oxygen atoms in total. The Morgan fingerprint density at radius 3 is 2.58 bits per heavy atom. The van der Waals surface area contributed by atoms with Crippen LogP contribution in [0.25, 0.3) is 11.4 Å². The maximum atomic E-state index is 6.05. The third kappa shape index (κ3) is 3.83. The van der Waals surface area contributed by atoms with E-state index in [0.717, 1.165) is 28.5 Å². The largest absolute Gasteiger partial charge is 0.497 e. The van der Waals surface area contributed by atoms with Gasteiger partial charge in [0.2, 0.25) is 5.16 Å². The lowest BCUT2D eigenvalue weighted by molar-refractivity contribution is 0.411. The van der Waals surface area contributed by atoms with Crippen LogP contribution < -0.4 is 9.47 Å². The molecule has 0 saturated carbocycles. The molecule has 0 amide bonds. The molecule has 0 atom stereocenters. The molecular formula is C17H16ClN3O2S. The first kappa shape index (κ1) is 16.7. The van der Waals surface area contributed by atoms with Gasteiger partial charge in [-0.3, -0.25) is 5.10 Å². The molecular weight excluding hydrogens is 346 g/mol. The third-order valence-electron chi connectivity index (χ3n) is 3.43. The Morgan fingerprint density at radius 1 is 1.08 bits per heavy atom. The van der Waals surface area contributed by atoms with Crippen molar-refractivity contribution in [2.24, 2.45) is 0 Å². The van der Waals surface area contributed by atoms with Crippen molar-refractivity contribution < 1.29 is 9.47 Å². The summed E-state index contributed by atoms with van der Waals surface area (Å²) in [6.45, 7) is 0. The number of ether oxygens (including phenoxy) is 2. The van der Waals surface area contributed by atoms with Crippen LogP contribution in [0.4, 0.5) is 0 Å². The van der Waals surface area contributed by atoms with Crippen molar-refractivity contribution in [1.29, 1.82) is 0 Å². The summed E-state index contributed by atoms with van der Waals surface area (Å²) in [4.78, 5) is 4.51. The first-order valence-electron chi connectivity index (χ1n) is 7.21. The van der Waals surface area contributed by atoms with Gasteiger partial charge in [0.1, 0.15) is 11.5 Å². The van der Waals surface area contributed by atoms with E-state index < -0.39 is 0 Å². The van der Waals surface area contributed by atoms with Crippen LogP contribution in [-0.2, 0) is 5.75 Å². The fourth-order valence-corrected chi connectivity index (χ4v) is 3.16. The molecule has 0 saturated heterocycles. The van der Waals surface area contributed by atoms with Crippen molar-refractivity contribution in [2.75, 3.05) is 14.2 Å². The van der Waals surface area contributed by atoms with Gasteiger partial charge in [0, 0.05) is 21.9 Å². The molecule has 0 unspecified atom stereocenters. The number of rotatable bonds is 6. The summed E-state index contributed by atoms with van der Waals surface area (Å²) in [5.41, 5.74) is 1.96. The third-order valence-corrected chi connectivity index (χ3v) is 4.56. The molecule has 1 N–H and O–H groups in total. The van der Waals surface area contributed by atoms with E-state index in [1.165, 1.54) is 11.8 Å². The first-order chi connectivity index (χ1) is 11.7. The van der Waals surface area contributed by atoms with Gasteiger partial charge in [-0.2, -0.15) is 0 Å². The van der Waals surface area contributed by atoms with Crippen molar-refractivity contribution in [3.8, 4) is 22.9 Å². The molecule has 3 rings (SSSR count). The highest BCUT2D eigenvalue weighted by molar-refractivity contribution is 7.98. The Hall–Kier alpha value is -2.18. The molecule has 0 spiro atoms. The fraction of sp³-hybridized carbons (Fsp3) is 0.176. The van der Waals surface area contributed by atoms with Gasteiger partial charge < -0.3 is 9.47 Å². The lowest BCUT2D eigenvalue weighted by atomic mass is 10.2. The fourth-order valence-electron chi connectivity index (χ4n) is 2.19. The van der Waals surface area contributed by atoms with E-state index in [2.05, 4.69) is 15.2 Å². The highest BCUT2D eigenvalue weighted by atomic mass is 35.5. The summed E-state index contributed by atoms with van der Waals surface area (Å²) in [5, 5.41) is 8.56. The number of methoxy groups -OCH3 is 2. The van der Waals surface area contributed by atoms with Gasteiger partial charge in [-0.25, -0.2) is 4.98 Å². The smallest absolute Gasteiger partial charge is 0.209 e. The average Bonchev–Trinajstić information content (AvgIpc) is 3.09. The summed E-state index contributed by atoms with van der Waals surface area (Å²) < 4.78 is 10.5. The van der Waals surface area contributed by atoms with Gasteiger partial charge in [0.25, 0.3) is 0 Å². The van der Waals surface area contributed by atoms with Crippen LogP contribution in [0, 0.1) is 0 Å². The Bertz CT molecular complexity index is 821. The van der Waals surface area contributed by atoms with Gasteiger partial charge >= 0.3 is 0 Å². The second-order valence-electron chi connectivity index (χ2n) is 4.94. The van der Waals surface area contributed by atoms with E-state index in [9.17, 15) is 0 Å². The highest BCUT2D eigenvalue weighted by Gasteiger charge is 2.09. The molecule has 3 aromatic rings. The van der Waals surface area contributed by atoms with E-state index in [1.54, 1.807) is 14.2 Å². The molecule has 124 valence electrons. The van der Waals surface area contributed by atoms with Gasteiger partial charge in [-0.05, 0) is 42.5 Å². The molecule has 0 aliphatic rings. The number of benzene rings is 2. The molecule has 7 heteroatoms. The monoisotopic (exact) mass is 361 g/mol. The number of nitrogens with one attached hydrogen (secondary N) is 1. The standard InChI is InChI=1S/C17H16ClN3O2S/c1-22-14-6-3-11(4-7-14)16-19-17(21-20-16)24-10-12-9-13(18)5-8-15(12)23-2/h3-9H,10H2,1-2H3,(H,19,20,21). The maximum Gasteiger partial charge on any atom is 0.209 e. The Balaban J connectivity index is 1.71. The van der Waals surface area contributed by atoms with Gasteiger partial charge in [-0.1, -0.05) is 23.4 Å². The number of H-pyrrole nitrogens is 1. The summed E-state index contributed by atoms with van der Waals surface area (Å²) in [7, 11) is 3.29. The topological polar surface area (TPSA) is 60.0 Å². The van der Waals surface area contributed by atoms with Crippen LogP contribution in [0.3, 0.4) is 0 Å². The van der Waals surface area contributed by atoms with E-state index in [1.807, 2.05) is 42.5 Å². The number of thioether (sulfide) groups is 1. The molecule has 0 aliphatic carbocycles. The van der Waals surface area contributed by atoms with Crippen LogP contribution in [-0.4, -0.2) is 29.4 Å². The number of halogens is 1. The number of nitrogens with zero attached hydrogens (tertiary/aromatic N) is 2. The van der Waals surface area contributed by atoms with Crippen LogP contribution in [0.2, 0.25) is 5.02 Å². The van der Waals surface area contributed by atoms with Crippen LogP contribution in [0.15, 0.2) is 47.6 Å². The highest BCUT2D eigenvalue weighted by Crippen LogP contribution is 2.29. The number of hydrogen-bond donors (Lipinski definition) is 1.